The predicted octanol–water partition coefficient (Wildman–Crippen LogP) is 0.280. The van der Waals surface area contributed by atoms with Crippen LogP contribution in [0.2, 0.25) is 0 Å². The lowest BCUT2D eigenvalue weighted by molar-refractivity contribution is 0.272. The van der Waals surface area contributed by atoms with Crippen molar-refractivity contribution in [1.29, 1.82) is 0 Å². The largest absolute Gasteiger partial charge is 0.314 e. The fraction of sp³-hybridized carbons (Fsp3) is 1.00. The van der Waals surface area contributed by atoms with Gasteiger partial charge in [-0.15, -0.1) is 0 Å². The van der Waals surface area contributed by atoms with E-state index in [1.807, 2.05) is 0 Å². The van der Waals surface area contributed by atoms with Gasteiger partial charge in [-0.2, -0.15) is 0 Å². The summed E-state index contributed by atoms with van der Waals surface area (Å²) in [5.41, 5.74) is 0. The van der Waals surface area contributed by atoms with Crippen LogP contribution in [0.25, 0.3) is 0 Å². The molecular formula is C10H23N3. The van der Waals surface area contributed by atoms with E-state index in [2.05, 4.69) is 29.4 Å². The Kier molecular flexibility index (Phi) is 5.35. The van der Waals surface area contributed by atoms with Gasteiger partial charge in [0.2, 0.25) is 0 Å². The van der Waals surface area contributed by atoms with Crippen molar-refractivity contribution >= 4 is 0 Å². The van der Waals surface area contributed by atoms with Crippen LogP contribution in [0.15, 0.2) is 0 Å². The standard InChI is InChI=1S/C10H23N3/c1-3-13(4-2)8-5-10-9-11-6-7-12-10/h10-12H,3-9H2,1-2H3. The Bertz CT molecular complexity index is 117. The third-order valence-corrected chi connectivity index (χ3v) is 2.81. The second-order valence-electron chi connectivity index (χ2n) is 3.67. The molecule has 78 valence electrons. The lowest BCUT2D eigenvalue weighted by Gasteiger charge is -2.27. The zero-order valence-corrected chi connectivity index (χ0v) is 8.97. The first kappa shape index (κ1) is 11.0. The monoisotopic (exact) mass is 185 g/mol. The maximum absolute atomic E-state index is 3.53. The minimum absolute atomic E-state index is 0.689. The van der Waals surface area contributed by atoms with Crippen molar-refractivity contribution in [3.63, 3.8) is 0 Å². The molecule has 0 radical (unpaired) electrons. The summed E-state index contributed by atoms with van der Waals surface area (Å²) in [7, 11) is 0. The molecule has 3 heteroatoms. The number of nitrogens with one attached hydrogen (secondary N) is 2. The second kappa shape index (κ2) is 6.35. The SMILES string of the molecule is CCN(CC)CCC1CNCCN1. The zero-order valence-electron chi connectivity index (χ0n) is 8.97. The zero-order chi connectivity index (χ0) is 9.52. The van der Waals surface area contributed by atoms with Gasteiger partial charge in [-0.1, -0.05) is 13.8 Å². The predicted molar refractivity (Wildman–Crippen MR) is 57.1 cm³/mol. The van der Waals surface area contributed by atoms with Crippen molar-refractivity contribution in [1.82, 2.24) is 15.5 Å². The van der Waals surface area contributed by atoms with Crippen molar-refractivity contribution in [3.05, 3.63) is 0 Å². The topological polar surface area (TPSA) is 27.3 Å². The summed E-state index contributed by atoms with van der Waals surface area (Å²) >= 11 is 0. The fourth-order valence-corrected chi connectivity index (χ4v) is 1.80. The average Bonchev–Trinajstić information content (AvgIpc) is 2.21. The van der Waals surface area contributed by atoms with Gasteiger partial charge in [0.15, 0.2) is 0 Å². The van der Waals surface area contributed by atoms with Crippen LogP contribution in [0.5, 0.6) is 0 Å². The van der Waals surface area contributed by atoms with Gasteiger partial charge in [0.25, 0.3) is 0 Å². The smallest absolute Gasteiger partial charge is 0.0205 e. The van der Waals surface area contributed by atoms with E-state index in [0.717, 1.165) is 19.6 Å². The highest BCUT2D eigenvalue weighted by Gasteiger charge is 2.12. The van der Waals surface area contributed by atoms with Crippen molar-refractivity contribution in [2.24, 2.45) is 0 Å². The molecule has 0 saturated carbocycles. The van der Waals surface area contributed by atoms with E-state index in [9.17, 15) is 0 Å². The minimum Gasteiger partial charge on any atom is -0.314 e. The van der Waals surface area contributed by atoms with E-state index in [1.54, 1.807) is 0 Å². The maximum Gasteiger partial charge on any atom is 0.0205 e. The van der Waals surface area contributed by atoms with E-state index in [0.29, 0.717) is 6.04 Å². The lowest BCUT2D eigenvalue weighted by Crippen LogP contribution is -2.49. The van der Waals surface area contributed by atoms with Crippen molar-refractivity contribution in [2.75, 3.05) is 39.3 Å². The Labute approximate surface area is 81.9 Å². The number of hydrogen-bond donors (Lipinski definition) is 2. The summed E-state index contributed by atoms with van der Waals surface area (Å²) < 4.78 is 0. The van der Waals surface area contributed by atoms with Gasteiger partial charge < -0.3 is 15.5 Å². The Morgan fingerprint density at radius 3 is 2.54 bits per heavy atom. The summed E-state index contributed by atoms with van der Waals surface area (Å²) in [5.74, 6) is 0. The van der Waals surface area contributed by atoms with E-state index in [-0.39, 0.29) is 0 Å². The molecule has 1 unspecified atom stereocenters. The first-order chi connectivity index (χ1) is 6.36. The van der Waals surface area contributed by atoms with Crippen LogP contribution in [0.4, 0.5) is 0 Å². The molecule has 1 rings (SSSR count). The van der Waals surface area contributed by atoms with Gasteiger partial charge in [0.05, 0.1) is 0 Å². The molecule has 0 aromatic heterocycles. The molecule has 0 amide bonds. The van der Waals surface area contributed by atoms with E-state index in [1.165, 1.54) is 26.1 Å². The molecule has 1 aliphatic rings. The van der Waals surface area contributed by atoms with Crippen molar-refractivity contribution < 1.29 is 0 Å². The molecular weight excluding hydrogens is 162 g/mol. The molecule has 0 spiro atoms. The van der Waals surface area contributed by atoms with E-state index >= 15 is 0 Å². The van der Waals surface area contributed by atoms with Crippen LogP contribution < -0.4 is 10.6 Å². The van der Waals surface area contributed by atoms with Crippen LogP contribution in [0, 0.1) is 0 Å². The van der Waals surface area contributed by atoms with Gasteiger partial charge in [0.1, 0.15) is 0 Å². The summed E-state index contributed by atoms with van der Waals surface area (Å²) in [6.07, 6.45) is 1.27. The summed E-state index contributed by atoms with van der Waals surface area (Å²) in [4.78, 5) is 2.48. The Morgan fingerprint density at radius 2 is 2.00 bits per heavy atom. The molecule has 1 atom stereocenters. The number of piperazine rings is 1. The Hall–Kier alpha value is -0.120. The Balaban J connectivity index is 2.09. The summed E-state index contributed by atoms with van der Waals surface area (Å²) in [6.45, 7) is 11.4. The molecule has 13 heavy (non-hydrogen) atoms. The summed E-state index contributed by atoms with van der Waals surface area (Å²) in [6, 6.07) is 0.689. The first-order valence-electron chi connectivity index (χ1n) is 5.53. The highest BCUT2D eigenvalue weighted by Crippen LogP contribution is 1.97. The van der Waals surface area contributed by atoms with Gasteiger partial charge in [0, 0.05) is 25.7 Å². The third-order valence-electron chi connectivity index (χ3n) is 2.81. The number of rotatable bonds is 5. The van der Waals surface area contributed by atoms with E-state index in [4.69, 9.17) is 0 Å². The average molecular weight is 185 g/mol. The number of nitrogens with zero attached hydrogens (tertiary/aromatic N) is 1. The first-order valence-corrected chi connectivity index (χ1v) is 5.53. The maximum atomic E-state index is 3.53. The summed E-state index contributed by atoms with van der Waals surface area (Å²) in [5, 5.41) is 6.95. The van der Waals surface area contributed by atoms with E-state index < -0.39 is 0 Å². The molecule has 3 nitrogen and oxygen atoms in total. The van der Waals surface area contributed by atoms with Crippen LogP contribution in [0.3, 0.4) is 0 Å². The molecule has 1 aliphatic heterocycles. The van der Waals surface area contributed by atoms with Crippen molar-refractivity contribution in [2.45, 2.75) is 26.3 Å². The molecule has 0 aliphatic carbocycles. The number of hydrogen-bond acceptors (Lipinski definition) is 3. The second-order valence-corrected chi connectivity index (χ2v) is 3.67. The third kappa shape index (κ3) is 4.07. The highest BCUT2D eigenvalue weighted by atomic mass is 15.1. The molecule has 2 N–H and O–H groups in total. The molecule has 1 fully saturated rings. The van der Waals surface area contributed by atoms with Gasteiger partial charge in [-0.3, -0.25) is 0 Å². The molecule has 1 saturated heterocycles. The van der Waals surface area contributed by atoms with Crippen LogP contribution in [-0.4, -0.2) is 50.2 Å². The fourth-order valence-electron chi connectivity index (χ4n) is 1.80. The molecule has 1 heterocycles. The van der Waals surface area contributed by atoms with Crippen LogP contribution in [0.1, 0.15) is 20.3 Å². The van der Waals surface area contributed by atoms with Gasteiger partial charge in [-0.05, 0) is 26.1 Å². The minimum atomic E-state index is 0.689. The molecule has 0 bridgehead atoms. The Morgan fingerprint density at radius 1 is 1.23 bits per heavy atom. The van der Waals surface area contributed by atoms with Crippen LogP contribution in [-0.2, 0) is 0 Å². The van der Waals surface area contributed by atoms with Gasteiger partial charge in [-0.25, -0.2) is 0 Å². The lowest BCUT2D eigenvalue weighted by atomic mass is 10.1. The highest BCUT2D eigenvalue weighted by molar-refractivity contribution is 4.76. The normalized spacial score (nSPS) is 23.8. The molecule has 0 aromatic carbocycles. The van der Waals surface area contributed by atoms with Crippen molar-refractivity contribution in [3.8, 4) is 0 Å². The molecule has 0 aromatic rings. The quantitative estimate of drug-likeness (QED) is 0.644. The van der Waals surface area contributed by atoms with Crippen LogP contribution >= 0.6 is 0 Å². The van der Waals surface area contributed by atoms with Gasteiger partial charge >= 0.3 is 0 Å².